The van der Waals surface area contributed by atoms with Crippen LogP contribution < -0.4 is 5.32 Å². The average Bonchev–Trinajstić information content (AvgIpc) is 3.01. The standard InChI is InChI=1S/C13H13ClN4OS/c14-10-3-1-2-9(6-10)12-7-15-4-5-18(12)13(19)11-8-20-17-16-11/h1-3,6,8,12,15H,4-5,7H2. The van der Waals surface area contributed by atoms with Crippen LogP contribution in [0.2, 0.25) is 5.02 Å². The Balaban J connectivity index is 1.89. The van der Waals surface area contributed by atoms with Crippen LogP contribution in [0, 0.1) is 0 Å². The first-order valence-corrected chi connectivity index (χ1v) is 7.51. The van der Waals surface area contributed by atoms with Crippen molar-refractivity contribution in [2.24, 2.45) is 0 Å². The first-order valence-electron chi connectivity index (χ1n) is 6.30. The van der Waals surface area contributed by atoms with Crippen molar-refractivity contribution in [1.29, 1.82) is 0 Å². The van der Waals surface area contributed by atoms with Gasteiger partial charge in [-0.15, -0.1) is 5.10 Å². The van der Waals surface area contributed by atoms with Crippen LogP contribution in [0.5, 0.6) is 0 Å². The minimum Gasteiger partial charge on any atom is -0.328 e. The lowest BCUT2D eigenvalue weighted by Crippen LogP contribution is -2.48. The normalized spacial score (nSPS) is 19.1. The van der Waals surface area contributed by atoms with Crippen LogP contribution in [0.4, 0.5) is 0 Å². The number of rotatable bonds is 2. The summed E-state index contributed by atoms with van der Waals surface area (Å²) in [5, 5.41) is 9.54. The molecule has 1 aliphatic heterocycles. The number of carbonyl (C=O) groups is 1. The highest BCUT2D eigenvalue weighted by Crippen LogP contribution is 2.25. The molecule has 1 saturated heterocycles. The number of hydrogen-bond acceptors (Lipinski definition) is 5. The number of nitrogens with zero attached hydrogens (tertiary/aromatic N) is 3. The van der Waals surface area contributed by atoms with Crippen molar-refractivity contribution in [2.45, 2.75) is 6.04 Å². The molecule has 104 valence electrons. The Labute approximate surface area is 125 Å². The van der Waals surface area contributed by atoms with Crippen LogP contribution in [0.15, 0.2) is 29.6 Å². The summed E-state index contributed by atoms with van der Waals surface area (Å²) in [5.41, 5.74) is 1.44. The Hall–Kier alpha value is -1.50. The Kier molecular flexibility index (Phi) is 3.95. The summed E-state index contributed by atoms with van der Waals surface area (Å²) >= 11 is 7.23. The van der Waals surface area contributed by atoms with Crippen molar-refractivity contribution >= 4 is 29.0 Å². The molecule has 2 aromatic rings. The maximum Gasteiger partial charge on any atom is 0.275 e. The molecule has 0 spiro atoms. The number of hydrogen-bond donors (Lipinski definition) is 1. The van der Waals surface area contributed by atoms with E-state index in [1.54, 1.807) is 5.38 Å². The van der Waals surface area contributed by atoms with Gasteiger partial charge in [0.25, 0.3) is 5.91 Å². The second-order valence-electron chi connectivity index (χ2n) is 4.56. The van der Waals surface area contributed by atoms with E-state index in [9.17, 15) is 4.79 Å². The van der Waals surface area contributed by atoms with Gasteiger partial charge < -0.3 is 10.2 Å². The van der Waals surface area contributed by atoms with Crippen LogP contribution in [0.1, 0.15) is 22.1 Å². The molecule has 1 aliphatic rings. The molecule has 20 heavy (non-hydrogen) atoms. The van der Waals surface area contributed by atoms with E-state index in [1.807, 2.05) is 29.2 Å². The summed E-state index contributed by atoms with van der Waals surface area (Å²) in [6.45, 7) is 2.14. The molecular formula is C13H13ClN4OS. The maximum atomic E-state index is 12.5. The van der Waals surface area contributed by atoms with E-state index in [1.165, 1.54) is 11.5 Å². The highest BCUT2D eigenvalue weighted by molar-refractivity contribution is 7.03. The fourth-order valence-electron chi connectivity index (χ4n) is 2.36. The molecule has 1 atom stereocenters. The predicted molar refractivity (Wildman–Crippen MR) is 78.0 cm³/mol. The zero-order valence-electron chi connectivity index (χ0n) is 10.6. The first-order chi connectivity index (χ1) is 9.75. The molecule has 0 saturated carbocycles. The van der Waals surface area contributed by atoms with Crippen molar-refractivity contribution in [3.63, 3.8) is 0 Å². The van der Waals surface area contributed by atoms with Gasteiger partial charge in [-0.2, -0.15) is 0 Å². The average molecular weight is 309 g/mol. The van der Waals surface area contributed by atoms with Gasteiger partial charge in [-0.3, -0.25) is 4.79 Å². The summed E-state index contributed by atoms with van der Waals surface area (Å²) in [5.74, 6) is -0.0785. The van der Waals surface area contributed by atoms with Gasteiger partial charge >= 0.3 is 0 Å². The molecule has 0 radical (unpaired) electrons. The number of nitrogens with one attached hydrogen (secondary N) is 1. The lowest BCUT2D eigenvalue weighted by atomic mass is 10.0. The van der Waals surface area contributed by atoms with Crippen LogP contribution in [0.25, 0.3) is 0 Å². The van der Waals surface area contributed by atoms with Crippen molar-refractivity contribution in [3.8, 4) is 0 Å². The zero-order valence-corrected chi connectivity index (χ0v) is 12.2. The lowest BCUT2D eigenvalue weighted by molar-refractivity contribution is 0.0628. The number of aromatic nitrogens is 2. The molecule has 1 amide bonds. The second kappa shape index (κ2) is 5.87. The highest BCUT2D eigenvalue weighted by Gasteiger charge is 2.29. The Bertz CT molecular complexity index is 604. The number of carbonyl (C=O) groups excluding carboxylic acids is 1. The van der Waals surface area contributed by atoms with Crippen molar-refractivity contribution < 1.29 is 4.79 Å². The monoisotopic (exact) mass is 308 g/mol. The summed E-state index contributed by atoms with van der Waals surface area (Å²) in [7, 11) is 0. The lowest BCUT2D eigenvalue weighted by Gasteiger charge is -2.36. The van der Waals surface area contributed by atoms with Gasteiger partial charge in [-0.25, -0.2) is 0 Å². The predicted octanol–water partition coefficient (Wildman–Crippen LogP) is 1.98. The van der Waals surface area contributed by atoms with E-state index >= 15 is 0 Å². The van der Waals surface area contributed by atoms with Crippen molar-refractivity contribution in [2.75, 3.05) is 19.6 Å². The fraction of sp³-hybridized carbons (Fsp3) is 0.308. The molecule has 1 aromatic heterocycles. The fourth-order valence-corrected chi connectivity index (χ4v) is 2.99. The molecule has 1 aromatic carbocycles. The number of benzene rings is 1. The number of amides is 1. The van der Waals surface area contributed by atoms with Gasteiger partial charge in [-0.1, -0.05) is 28.2 Å². The van der Waals surface area contributed by atoms with Gasteiger partial charge in [0.2, 0.25) is 0 Å². The van der Waals surface area contributed by atoms with Crippen molar-refractivity contribution in [1.82, 2.24) is 19.8 Å². The van der Waals surface area contributed by atoms with Crippen LogP contribution >= 0.6 is 23.1 Å². The third kappa shape index (κ3) is 2.67. The van der Waals surface area contributed by atoms with E-state index in [0.29, 0.717) is 23.8 Å². The van der Waals surface area contributed by atoms with Gasteiger partial charge in [0.1, 0.15) is 0 Å². The quantitative estimate of drug-likeness (QED) is 0.921. The summed E-state index contributed by atoms with van der Waals surface area (Å²) in [4.78, 5) is 14.3. The van der Waals surface area contributed by atoms with Gasteiger partial charge in [0.15, 0.2) is 5.69 Å². The SMILES string of the molecule is O=C(c1csnn1)N1CCNCC1c1cccc(Cl)c1. The Morgan fingerprint density at radius 1 is 1.50 bits per heavy atom. The number of halogens is 1. The Morgan fingerprint density at radius 2 is 2.40 bits per heavy atom. The molecule has 1 fully saturated rings. The second-order valence-corrected chi connectivity index (χ2v) is 5.61. The van der Waals surface area contributed by atoms with Crippen LogP contribution in [0.3, 0.4) is 0 Å². The van der Waals surface area contributed by atoms with E-state index in [4.69, 9.17) is 11.6 Å². The van der Waals surface area contributed by atoms with Crippen LogP contribution in [-0.4, -0.2) is 40.0 Å². The molecule has 1 N–H and O–H groups in total. The summed E-state index contributed by atoms with van der Waals surface area (Å²) in [6.07, 6.45) is 0. The van der Waals surface area contributed by atoms with Crippen LogP contribution in [-0.2, 0) is 0 Å². The van der Waals surface area contributed by atoms with Gasteiger partial charge in [0, 0.05) is 30.0 Å². The minimum absolute atomic E-state index is 0.0309. The summed E-state index contributed by atoms with van der Waals surface area (Å²) in [6, 6.07) is 7.59. The van der Waals surface area contributed by atoms with Gasteiger partial charge in [0.05, 0.1) is 6.04 Å². The van der Waals surface area contributed by atoms with Crippen molar-refractivity contribution in [3.05, 3.63) is 45.9 Å². The molecule has 0 aliphatic carbocycles. The minimum atomic E-state index is -0.0785. The van der Waals surface area contributed by atoms with E-state index in [0.717, 1.165) is 12.1 Å². The zero-order chi connectivity index (χ0) is 13.9. The number of piperazine rings is 1. The van der Waals surface area contributed by atoms with E-state index in [2.05, 4.69) is 14.9 Å². The van der Waals surface area contributed by atoms with E-state index in [-0.39, 0.29) is 11.9 Å². The van der Waals surface area contributed by atoms with E-state index < -0.39 is 0 Å². The summed E-state index contributed by atoms with van der Waals surface area (Å²) < 4.78 is 3.76. The molecule has 0 bridgehead atoms. The molecular weight excluding hydrogens is 296 g/mol. The first kappa shape index (κ1) is 13.5. The van der Waals surface area contributed by atoms with Gasteiger partial charge in [-0.05, 0) is 29.2 Å². The molecule has 7 heteroatoms. The molecule has 1 unspecified atom stereocenters. The molecule has 2 heterocycles. The topological polar surface area (TPSA) is 58.1 Å². The third-order valence-corrected chi connectivity index (χ3v) is 4.06. The Morgan fingerprint density at radius 3 is 3.15 bits per heavy atom. The maximum absolute atomic E-state index is 12.5. The third-order valence-electron chi connectivity index (χ3n) is 3.32. The molecule has 3 rings (SSSR count). The molecule has 5 nitrogen and oxygen atoms in total. The smallest absolute Gasteiger partial charge is 0.275 e. The highest BCUT2D eigenvalue weighted by atomic mass is 35.5. The largest absolute Gasteiger partial charge is 0.328 e.